The molecule has 22 heavy (non-hydrogen) atoms. The molecule has 2 rings (SSSR count). The molecule has 6 heteroatoms. The minimum absolute atomic E-state index is 0.00291. The first-order valence-electron chi connectivity index (χ1n) is 7.83. The molecule has 2 atom stereocenters. The van der Waals surface area contributed by atoms with Crippen LogP contribution in [0.4, 0.5) is 5.69 Å². The van der Waals surface area contributed by atoms with Gasteiger partial charge in [-0.25, -0.2) is 0 Å². The Morgan fingerprint density at radius 3 is 2.86 bits per heavy atom. The first kappa shape index (κ1) is 16.4. The topological polar surface area (TPSA) is 98.3 Å². The van der Waals surface area contributed by atoms with Crippen LogP contribution < -0.4 is 11.1 Å². The van der Waals surface area contributed by atoms with Crippen molar-refractivity contribution in [3.63, 3.8) is 0 Å². The summed E-state index contributed by atoms with van der Waals surface area (Å²) in [5.74, 6) is 0.368. The van der Waals surface area contributed by atoms with Gasteiger partial charge >= 0.3 is 0 Å². The van der Waals surface area contributed by atoms with E-state index in [1.54, 1.807) is 6.07 Å². The Bertz CT molecular complexity index is 533. The second kappa shape index (κ2) is 7.89. The van der Waals surface area contributed by atoms with E-state index in [1.807, 2.05) is 6.07 Å². The van der Waals surface area contributed by atoms with Gasteiger partial charge < -0.3 is 11.1 Å². The smallest absolute Gasteiger partial charge is 0.269 e. The Morgan fingerprint density at radius 2 is 2.14 bits per heavy atom. The summed E-state index contributed by atoms with van der Waals surface area (Å²) in [6, 6.07) is 6.62. The highest BCUT2D eigenvalue weighted by Crippen LogP contribution is 2.23. The Labute approximate surface area is 130 Å². The van der Waals surface area contributed by atoms with Crippen molar-refractivity contribution in [1.29, 1.82) is 0 Å². The van der Waals surface area contributed by atoms with Crippen molar-refractivity contribution in [2.24, 2.45) is 11.7 Å². The summed E-state index contributed by atoms with van der Waals surface area (Å²) in [5.41, 5.74) is 6.64. The van der Waals surface area contributed by atoms with Gasteiger partial charge in [-0.2, -0.15) is 0 Å². The maximum atomic E-state index is 12.1. The largest absolute Gasteiger partial charge is 0.353 e. The summed E-state index contributed by atoms with van der Waals surface area (Å²) < 4.78 is 0. The molecule has 1 aliphatic rings. The number of nitro benzene ring substituents is 1. The predicted molar refractivity (Wildman–Crippen MR) is 84.4 cm³/mol. The SMILES string of the molecule is NCC1CCCCC1NC(=O)CCc1cccc([N+](=O)[O-])c1. The van der Waals surface area contributed by atoms with Gasteiger partial charge in [-0.3, -0.25) is 14.9 Å². The second-order valence-electron chi connectivity index (χ2n) is 5.88. The van der Waals surface area contributed by atoms with E-state index in [0.717, 1.165) is 24.8 Å². The number of nitrogens with two attached hydrogens (primary N) is 1. The van der Waals surface area contributed by atoms with Crippen LogP contribution in [0.1, 0.15) is 37.7 Å². The second-order valence-corrected chi connectivity index (χ2v) is 5.88. The highest BCUT2D eigenvalue weighted by molar-refractivity contribution is 5.76. The van der Waals surface area contributed by atoms with Crippen LogP contribution in [0.5, 0.6) is 0 Å². The van der Waals surface area contributed by atoms with Gasteiger partial charge in [-0.15, -0.1) is 0 Å². The van der Waals surface area contributed by atoms with Crippen LogP contribution in [0.3, 0.4) is 0 Å². The lowest BCUT2D eigenvalue weighted by atomic mass is 9.84. The third-order valence-corrected chi connectivity index (χ3v) is 4.32. The van der Waals surface area contributed by atoms with E-state index in [0.29, 0.717) is 25.3 Å². The summed E-state index contributed by atoms with van der Waals surface area (Å²) in [6.45, 7) is 0.607. The van der Waals surface area contributed by atoms with Gasteiger partial charge in [0, 0.05) is 24.6 Å². The minimum atomic E-state index is -0.419. The molecule has 0 aliphatic heterocycles. The number of aryl methyl sites for hydroxylation is 1. The van der Waals surface area contributed by atoms with E-state index in [1.165, 1.54) is 18.6 Å². The van der Waals surface area contributed by atoms with Crippen LogP contribution in [-0.2, 0) is 11.2 Å². The van der Waals surface area contributed by atoms with Gasteiger partial charge in [0.25, 0.3) is 5.69 Å². The monoisotopic (exact) mass is 305 g/mol. The zero-order valence-corrected chi connectivity index (χ0v) is 12.7. The molecule has 0 radical (unpaired) electrons. The molecule has 6 nitrogen and oxygen atoms in total. The fraction of sp³-hybridized carbons (Fsp3) is 0.562. The lowest BCUT2D eigenvalue weighted by Crippen LogP contribution is -2.44. The van der Waals surface area contributed by atoms with E-state index >= 15 is 0 Å². The number of amides is 1. The molecule has 1 aliphatic carbocycles. The van der Waals surface area contributed by atoms with Crippen molar-refractivity contribution in [2.45, 2.75) is 44.6 Å². The Hall–Kier alpha value is -1.95. The summed E-state index contributed by atoms with van der Waals surface area (Å²) in [7, 11) is 0. The summed E-state index contributed by atoms with van der Waals surface area (Å²) in [4.78, 5) is 22.4. The van der Waals surface area contributed by atoms with Crippen LogP contribution in [0.2, 0.25) is 0 Å². The first-order valence-corrected chi connectivity index (χ1v) is 7.83. The van der Waals surface area contributed by atoms with Gasteiger partial charge in [0.1, 0.15) is 0 Å². The maximum absolute atomic E-state index is 12.1. The average Bonchev–Trinajstić information content (AvgIpc) is 2.53. The number of nitrogens with zero attached hydrogens (tertiary/aromatic N) is 1. The van der Waals surface area contributed by atoms with Crippen molar-refractivity contribution < 1.29 is 9.72 Å². The van der Waals surface area contributed by atoms with Gasteiger partial charge in [0.15, 0.2) is 0 Å². The van der Waals surface area contributed by atoms with E-state index in [2.05, 4.69) is 5.32 Å². The van der Waals surface area contributed by atoms with Gasteiger partial charge in [-0.1, -0.05) is 25.0 Å². The fourth-order valence-corrected chi connectivity index (χ4v) is 3.04. The van der Waals surface area contributed by atoms with Crippen molar-refractivity contribution in [2.75, 3.05) is 6.54 Å². The lowest BCUT2D eigenvalue weighted by molar-refractivity contribution is -0.384. The third kappa shape index (κ3) is 4.53. The van der Waals surface area contributed by atoms with Gasteiger partial charge in [0.2, 0.25) is 5.91 Å². The number of nitrogens with one attached hydrogen (secondary N) is 1. The molecule has 0 spiro atoms. The summed E-state index contributed by atoms with van der Waals surface area (Å²) in [5, 5.41) is 13.8. The molecule has 120 valence electrons. The number of rotatable bonds is 6. The zero-order valence-electron chi connectivity index (χ0n) is 12.7. The number of benzene rings is 1. The Morgan fingerprint density at radius 1 is 1.36 bits per heavy atom. The van der Waals surface area contributed by atoms with Gasteiger partial charge in [-0.05, 0) is 37.3 Å². The van der Waals surface area contributed by atoms with E-state index in [-0.39, 0.29) is 17.6 Å². The fourth-order valence-electron chi connectivity index (χ4n) is 3.04. The average molecular weight is 305 g/mol. The van der Waals surface area contributed by atoms with E-state index in [4.69, 9.17) is 5.73 Å². The first-order chi connectivity index (χ1) is 10.6. The molecule has 3 N–H and O–H groups in total. The number of carbonyl (C=O) groups is 1. The molecular weight excluding hydrogens is 282 g/mol. The number of non-ortho nitro benzene ring substituents is 1. The molecule has 2 unspecified atom stereocenters. The van der Waals surface area contributed by atoms with Crippen LogP contribution in [0.15, 0.2) is 24.3 Å². The normalized spacial score (nSPS) is 21.3. The molecule has 1 aromatic rings. The Balaban J connectivity index is 1.84. The summed E-state index contributed by atoms with van der Waals surface area (Å²) >= 11 is 0. The minimum Gasteiger partial charge on any atom is -0.353 e. The maximum Gasteiger partial charge on any atom is 0.269 e. The molecule has 0 saturated heterocycles. The van der Waals surface area contributed by atoms with Crippen LogP contribution in [0, 0.1) is 16.0 Å². The standard InChI is InChI=1S/C16H23N3O3/c17-11-13-5-1-2-7-15(13)18-16(20)9-8-12-4-3-6-14(10-12)19(21)22/h3-4,6,10,13,15H,1-2,5,7-9,11,17H2,(H,18,20). The van der Waals surface area contributed by atoms with Crippen LogP contribution in [-0.4, -0.2) is 23.4 Å². The third-order valence-electron chi connectivity index (χ3n) is 4.32. The zero-order chi connectivity index (χ0) is 15.9. The molecule has 1 amide bonds. The lowest BCUT2D eigenvalue weighted by Gasteiger charge is -2.31. The van der Waals surface area contributed by atoms with Crippen LogP contribution in [0.25, 0.3) is 0 Å². The van der Waals surface area contributed by atoms with E-state index < -0.39 is 4.92 Å². The molecule has 0 heterocycles. The van der Waals surface area contributed by atoms with Crippen molar-refractivity contribution in [1.82, 2.24) is 5.32 Å². The van der Waals surface area contributed by atoms with Crippen LogP contribution >= 0.6 is 0 Å². The highest BCUT2D eigenvalue weighted by atomic mass is 16.6. The number of carbonyl (C=O) groups excluding carboxylic acids is 1. The van der Waals surface area contributed by atoms with Gasteiger partial charge in [0.05, 0.1) is 4.92 Å². The van der Waals surface area contributed by atoms with Crippen molar-refractivity contribution in [3.8, 4) is 0 Å². The quantitative estimate of drug-likeness (QED) is 0.621. The summed E-state index contributed by atoms with van der Waals surface area (Å²) in [6.07, 6.45) is 5.23. The molecule has 1 saturated carbocycles. The van der Waals surface area contributed by atoms with Crippen molar-refractivity contribution >= 4 is 11.6 Å². The number of hydrogen-bond acceptors (Lipinski definition) is 4. The molecular formula is C16H23N3O3. The number of nitro groups is 1. The molecule has 1 fully saturated rings. The van der Waals surface area contributed by atoms with E-state index in [9.17, 15) is 14.9 Å². The molecule has 0 aromatic heterocycles. The van der Waals surface area contributed by atoms with Crippen molar-refractivity contribution in [3.05, 3.63) is 39.9 Å². The highest BCUT2D eigenvalue weighted by Gasteiger charge is 2.25. The molecule has 0 bridgehead atoms. The number of hydrogen-bond donors (Lipinski definition) is 2. The Kier molecular flexibility index (Phi) is 5.89. The predicted octanol–water partition coefficient (Wildman–Crippen LogP) is 2.16. The molecule has 1 aromatic carbocycles.